The largest absolute Gasteiger partial charge is 0.341 e. The molecule has 7 heteroatoms. The third-order valence-electron chi connectivity index (χ3n) is 5.72. The highest BCUT2D eigenvalue weighted by atomic mass is 15.4. The van der Waals surface area contributed by atoms with Crippen LogP contribution in [0.15, 0.2) is 30.6 Å². The molecule has 0 N–H and O–H groups in total. The van der Waals surface area contributed by atoms with Gasteiger partial charge >= 0.3 is 0 Å². The third kappa shape index (κ3) is 2.52. The highest BCUT2D eigenvalue weighted by molar-refractivity contribution is 5.65. The summed E-state index contributed by atoms with van der Waals surface area (Å²) in [5.41, 5.74) is 1.77. The molecule has 1 fully saturated rings. The van der Waals surface area contributed by atoms with Gasteiger partial charge in [-0.05, 0) is 38.3 Å². The van der Waals surface area contributed by atoms with Crippen molar-refractivity contribution in [3.05, 3.63) is 42.2 Å². The molecule has 27 heavy (non-hydrogen) atoms. The number of rotatable bonds is 3. The van der Waals surface area contributed by atoms with Crippen LogP contribution >= 0.6 is 0 Å². The molecule has 1 atom stereocenters. The maximum absolute atomic E-state index is 5.00. The average molecular weight is 361 g/mol. The highest BCUT2D eigenvalue weighted by Gasteiger charge is 2.39. The molecule has 3 aromatic rings. The SMILES string of the molecule is CCC1c2nnc(C)n2-c2cnc(-c3ccccn3)nc2N1C1CCCC1. The number of hydrogen-bond acceptors (Lipinski definition) is 6. The van der Waals surface area contributed by atoms with Crippen LogP contribution in [0.2, 0.25) is 0 Å². The molecule has 7 nitrogen and oxygen atoms in total. The molecule has 0 radical (unpaired) electrons. The summed E-state index contributed by atoms with van der Waals surface area (Å²) in [5, 5.41) is 8.87. The van der Waals surface area contributed by atoms with E-state index in [0.717, 1.165) is 35.3 Å². The van der Waals surface area contributed by atoms with Crippen molar-refractivity contribution in [1.29, 1.82) is 0 Å². The van der Waals surface area contributed by atoms with Crippen molar-refractivity contribution < 1.29 is 0 Å². The topological polar surface area (TPSA) is 72.6 Å². The summed E-state index contributed by atoms with van der Waals surface area (Å²) in [7, 11) is 0. The smallest absolute Gasteiger partial charge is 0.180 e. The minimum absolute atomic E-state index is 0.188. The molecular formula is C20H23N7. The van der Waals surface area contributed by atoms with E-state index in [4.69, 9.17) is 4.98 Å². The van der Waals surface area contributed by atoms with Crippen LogP contribution in [0.25, 0.3) is 17.2 Å². The first-order chi connectivity index (χ1) is 13.3. The minimum atomic E-state index is 0.188. The number of nitrogens with zero attached hydrogens (tertiary/aromatic N) is 7. The molecule has 2 aliphatic rings. The first-order valence-corrected chi connectivity index (χ1v) is 9.77. The van der Waals surface area contributed by atoms with E-state index in [0.29, 0.717) is 11.9 Å². The van der Waals surface area contributed by atoms with Crippen LogP contribution in [0.1, 0.15) is 56.7 Å². The van der Waals surface area contributed by atoms with Crippen molar-refractivity contribution in [2.45, 2.75) is 58.0 Å². The lowest BCUT2D eigenvalue weighted by molar-refractivity contribution is 0.468. The van der Waals surface area contributed by atoms with Crippen LogP contribution in [0.5, 0.6) is 0 Å². The lowest BCUT2D eigenvalue weighted by atomic mass is 10.0. The van der Waals surface area contributed by atoms with Crippen molar-refractivity contribution in [3.63, 3.8) is 0 Å². The van der Waals surface area contributed by atoms with Crippen LogP contribution in [0.3, 0.4) is 0 Å². The number of anilines is 1. The summed E-state index contributed by atoms with van der Waals surface area (Å²) in [6, 6.07) is 6.51. The summed E-state index contributed by atoms with van der Waals surface area (Å²) in [6.45, 7) is 4.21. The molecule has 1 unspecified atom stereocenters. The van der Waals surface area contributed by atoms with E-state index in [-0.39, 0.29) is 6.04 Å². The summed E-state index contributed by atoms with van der Waals surface area (Å²) < 4.78 is 2.12. The zero-order chi connectivity index (χ0) is 18.4. The Morgan fingerprint density at radius 1 is 1.11 bits per heavy atom. The van der Waals surface area contributed by atoms with E-state index in [1.165, 1.54) is 25.7 Å². The van der Waals surface area contributed by atoms with Gasteiger partial charge in [0, 0.05) is 12.2 Å². The van der Waals surface area contributed by atoms with Gasteiger partial charge in [-0.2, -0.15) is 0 Å². The maximum atomic E-state index is 5.00. The Morgan fingerprint density at radius 2 is 1.96 bits per heavy atom. The number of fused-ring (bicyclic) bond motifs is 3. The summed E-state index contributed by atoms with van der Waals surface area (Å²) in [5.74, 6) is 3.54. The van der Waals surface area contributed by atoms with Crippen molar-refractivity contribution >= 4 is 5.82 Å². The van der Waals surface area contributed by atoms with E-state index < -0.39 is 0 Å². The molecule has 0 spiro atoms. The van der Waals surface area contributed by atoms with Gasteiger partial charge in [0.05, 0.1) is 12.2 Å². The van der Waals surface area contributed by atoms with Crippen molar-refractivity contribution in [2.24, 2.45) is 0 Å². The van der Waals surface area contributed by atoms with E-state index in [2.05, 4.69) is 36.6 Å². The number of aromatic nitrogens is 6. The van der Waals surface area contributed by atoms with Crippen LogP contribution in [-0.2, 0) is 0 Å². The van der Waals surface area contributed by atoms with Gasteiger partial charge in [0.15, 0.2) is 17.5 Å². The molecule has 138 valence electrons. The quantitative estimate of drug-likeness (QED) is 0.709. The van der Waals surface area contributed by atoms with Gasteiger partial charge in [0.2, 0.25) is 0 Å². The second kappa shape index (κ2) is 6.40. The first-order valence-electron chi connectivity index (χ1n) is 9.77. The minimum Gasteiger partial charge on any atom is -0.341 e. The fourth-order valence-corrected chi connectivity index (χ4v) is 4.49. The monoisotopic (exact) mass is 361 g/mol. The van der Waals surface area contributed by atoms with Gasteiger partial charge in [-0.1, -0.05) is 25.8 Å². The van der Waals surface area contributed by atoms with Gasteiger partial charge in [0.25, 0.3) is 0 Å². The Bertz CT molecular complexity index is 960. The van der Waals surface area contributed by atoms with E-state index >= 15 is 0 Å². The van der Waals surface area contributed by atoms with Gasteiger partial charge in [0.1, 0.15) is 17.2 Å². The van der Waals surface area contributed by atoms with Crippen LogP contribution in [0.4, 0.5) is 5.82 Å². The van der Waals surface area contributed by atoms with Gasteiger partial charge in [-0.15, -0.1) is 10.2 Å². The molecule has 1 saturated carbocycles. The van der Waals surface area contributed by atoms with E-state index in [9.17, 15) is 0 Å². The molecule has 0 bridgehead atoms. The Kier molecular flexibility index (Phi) is 3.88. The first kappa shape index (κ1) is 16.4. The van der Waals surface area contributed by atoms with Crippen molar-refractivity contribution in [3.8, 4) is 17.2 Å². The zero-order valence-electron chi connectivity index (χ0n) is 15.7. The molecule has 3 aromatic heterocycles. The molecule has 0 amide bonds. The second-order valence-corrected chi connectivity index (χ2v) is 7.33. The Balaban J connectivity index is 1.72. The highest BCUT2D eigenvalue weighted by Crippen LogP contribution is 2.43. The second-order valence-electron chi connectivity index (χ2n) is 7.33. The number of pyridine rings is 1. The van der Waals surface area contributed by atoms with Gasteiger partial charge in [-0.25, -0.2) is 9.97 Å². The van der Waals surface area contributed by atoms with Gasteiger partial charge in [-0.3, -0.25) is 9.55 Å². The Hall–Kier alpha value is -2.83. The predicted molar refractivity (Wildman–Crippen MR) is 103 cm³/mol. The van der Waals surface area contributed by atoms with E-state index in [1.54, 1.807) is 6.20 Å². The standard InChI is InChI=1S/C20H23N7/c1-3-16-20-25-24-13(2)26(20)17-12-22-18(15-10-6-7-11-21-15)23-19(17)27(16)14-8-4-5-9-14/h6-7,10-12,14,16H,3-5,8-9H2,1-2H3. The van der Waals surface area contributed by atoms with E-state index in [1.807, 2.05) is 31.3 Å². The molecule has 0 saturated heterocycles. The normalized spacial score (nSPS) is 19.2. The van der Waals surface area contributed by atoms with Crippen LogP contribution < -0.4 is 4.90 Å². The Labute approximate surface area is 158 Å². The number of hydrogen-bond donors (Lipinski definition) is 0. The fourth-order valence-electron chi connectivity index (χ4n) is 4.49. The summed E-state index contributed by atoms with van der Waals surface area (Å²) in [4.78, 5) is 16.5. The molecule has 5 rings (SSSR count). The Morgan fingerprint density at radius 3 is 2.70 bits per heavy atom. The lowest BCUT2D eigenvalue weighted by Gasteiger charge is -2.41. The maximum Gasteiger partial charge on any atom is 0.180 e. The predicted octanol–water partition coefficient (Wildman–Crippen LogP) is 3.64. The molecule has 4 heterocycles. The van der Waals surface area contributed by atoms with Crippen LogP contribution in [0, 0.1) is 6.92 Å². The van der Waals surface area contributed by atoms with Crippen molar-refractivity contribution in [1.82, 2.24) is 29.7 Å². The lowest BCUT2D eigenvalue weighted by Crippen LogP contribution is -2.42. The molecule has 1 aliphatic heterocycles. The van der Waals surface area contributed by atoms with Crippen molar-refractivity contribution in [2.75, 3.05) is 4.90 Å². The zero-order valence-corrected chi connectivity index (χ0v) is 15.7. The molecule has 0 aromatic carbocycles. The van der Waals surface area contributed by atoms with Crippen LogP contribution in [-0.4, -0.2) is 35.8 Å². The fraction of sp³-hybridized carbons (Fsp3) is 0.450. The third-order valence-corrected chi connectivity index (χ3v) is 5.72. The summed E-state index contributed by atoms with van der Waals surface area (Å²) in [6.07, 6.45) is 9.60. The van der Waals surface area contributed by atoms with Gasteiger partial charge < -0.3 is 4.90 Å². The number of aryl methyl sites for hydroxylation is 1. The molecule has 1 aliphatic carbocycles. The average Bonchev–Trinajstić information content (AvgIpc) is 3.37. The molecular weight excluding hydrogens is 338 g/mol. The summed E-state index contributed by atoms with van der Waals surface area (Å²) >= 11 is 0.